The number of aromatic amines is 1. The van der Waals surface area contributed by atoms with Gasteiger partial charge in [0.15, 0.2) is 11.6 Å². The molecule has 0 aromatic carbocycles. The van der Waals surface area contributed by atoms with Gasteiger partial charge >= 0.3 is 0 Å². The molecule has 0 amide bonds. The van der Waals surface area contributed by atoms with Gasteiger partial charge in [0.2, 0.25) is 0 Å². The number of rotatable bonds is 3. The first-order chi connectivity index (χ1) is 6.81. The van der Waals surface area contributed by atoms with Gasteiger partial charge < -0.3 is 10.8 Å². The Balaban J connectivity index is 2.26. The average molecular weight is 210 g/mol. The van der Waals surface area contributed by atoms with Crippen molar-refractivity contribution in [3.63, 3.8) is 0 Å². The first kappa shape index (κ1) is 9.32. The molecule has 0 aliphatic carbocycles. The van der Waals surface area contributed by atoms with Gasteiger partial charge in [-0.05, 0) is 11.4 Å². The fourth-order valence-electron chi connectivity index (χ4n) is 1.05. The third-order valence-corrected chi connectivity index (χ3v) is 2.65. The van der Waals surface area contributed by atoms with E-state index in [4.69, 9.17) is 5.73 Å². The molecule has 2 heterocycles. The van der Waals surface area contributed by atoms with Crippen LogP contribution in [-0.4, -0.2) is 26.8 Å². The summed E-state index contributed by atoms with van der Waals surface area (Å²) in [6.45, 7) is 0.138. The second kappa shape index (κ2) is 3.87. The number of nitrogens with one attached hydrogen (secondary N) is 1. The summed E-state index contributed by atoms with van der Waals surface area (Å²) in [7, 11) is 0. The second-order valence-electron chi connectivity index (χ2n) is 2.77. The summed E-state index contributed by atoms with van der Waals surface area (Å²) in [4.78, 5) is 5.11. The Labute approximate surface area is 84.6 Å². The monoisotopic (exact) mass is 210 g/mol. The number of aromatic nitrogens is 3. The summed E-state index contributed by atoms with van der Waals surface area (Å²) in [5.41, 5.74) is 5.30. The molecule has 6 heteroatoms. The van der Waals surface area contributed by atoms with Crippen LogP contribution in [0.15, 0.2) is 17.5 Å². The zero-order valence-electron chi connectivity index (χ0n) is 7.34. The molecule has 14 heavy (non-hydrogen) atoms. The second-order valence-corrected chi connectivity index (χ2v) is 3.72. The highest BCUT2D eigenvalue weighted by atomic mass is 32.1. The minimum Gasteiger partial charge on any atom is -0.384 e. The largest absolute Gasteiger partial charge is 0.384 e. The van der Waals surface area contributed by atoms with E-state index in [0.29, 0.717) is 11.6 Å². The van der Waals surface area contributed by atoms with Crippen LogP contribution in [0.1, 0.15) is 11.9 Å². The summed E-state index contributed by atoms with van der Waals surface area (Å²) >= 11 is 1.55. The van der Waals surface area contributed by atoms with Crippen molar-refractivity contribution in [1.29, 1.82) is 0 Å². The van der Waals surface area contributed by atoms with Gasteiger partial charge in [-0.15, -0.1) is 11.3 Å². The molecule has 0 bridgehead atoms. The maximum atomic E-state index is 9.38. The summed E-state index contributed by atoms with van der Waals surface area (Å²) < 4.78 is 0. The van der Waals surface area contributed by atoms with E-state index in [1.807, 2.05) is 17.5 Å². The smallest absolute Gasteiger partial charge is 0.191 e. The lowest BCUT2D eigenvalue weighted by Crippen LogP contribution is -2.12. The van der Waals surface area contributed by atoms with E-state index in [0.717, 1.165) is 4.88 Å². The molecule has 0 radical (unpaired) electrons. The van der Waals surface area contributed by atoms with Crippen molar-refractivity contribution in [2.75, 3.05) is 6.54 Å². The molecule has 0 saturated heterocycles. The van der Waals surface area contributed by atoms with Crippen LogP contribution in [0.3, 0.4) is 0 Å². The SMILES string of the molecule is NC[C@H](O)c1nc(-c2cccs2)n[nH]1. The topological polar surface area (TPSA) is 87.8 Å². The van der Waals surface area contributed by atoms with Crippen LogP contribution in [0.25, 0.3) is 10.7 Å². The van der Waals surface area contributed by atoms with E-state index in [2.05, 4.69) is 15.2 Å². The van der Waals surface area contributed by atoms with Crippen LogP contribution >= 0.6 is 11.3 Å². The molecule has 2 rings (SSSR count). The average Bonchev–Trinajstić information content (AvgIpc) is 2.86. The highest BCUT2D eigenvalue weighted by Gasteiger charge is 2.12. The molecule has 2 aromatic rings. The number of nitrogens with two attached hydrogens (primary N) is 1. The molecule has 5 nitrogen and oxygen atoms in total. The van der Waals surface area contributed by atoms with Crippen molar-refractivity contribution in [2.24, 2.45) is 5.73 Å². The summed E-state index contributed by atoms with van der Waals surface area (Å²) in [5.74, 6) is 1.01. The minimum absolute atomic E-state index is 0.138. The third kappa shape index (κ3) is 1.67. The molecular formula is C8H10N4OS. The number of hydrogen-bond donors (Lipinski definition) is 3. The van der Waals surface area contributed by atoms with E-state index >= 15 is 0 Å². The molecule has 0 unspecified atom stereocenters. The molecule has 4 N–H and O–H groups in total. The molecule has 0 fully saturated rings. The van der Waals surface area contributed by atoms with E-state index in [-0.39, 0.29) is 6.54 Å². The summed E-state index contributed by atoms with van der Waals surface area (Å²) in [5, 5.41) is 18.0. The van der Waals surface area contributed by atoms with E-state index in [9.17, 15) is 5.11 Å². The lowest BCUT2D eigenvalue weighted by atomic mass is 10.3. The molecule has 74 valence electrons. The molecule has 0 saturated carbocycles. The number of nitrogens with zero attached hydrogens (tertiary/aromatic N) is 2. The standard InChI is InChI=1S/C8H10N4OS/c9-4-5(13)7-10-8(12-11-7)6-2-1-3-14-6/h1-3,5,13H,4,9H2,(H,10,11,12)/t5-/m0/s1. The zero-order chi connectivity index (χ0) is 9.97. The van der Waals surface area contributed by atoms with Crippen molar-refractivity contribution in [3.05, 3.63) is 23.3 Å². The van der Waals surface area contributed by atoms with Crippen molar-refractivity contribution >= 4 is 11.3 Å². The Hall–Kier alpha value is -1.24. The normalized spacial score (nSPS) is 13.0. The van der Waals surface area contributed by atoms with Gasteiger partial charge in [-0.3, -0.25) is 5.10 Å². The molecule has 0 aliphatic rings. The fraction of sp³-hybridized carbons (Fsp3) is 0.250. The first-order valence-electron chi connectivity index (χ1n) is 4.15. The van der Waals surface area contributed by atoms with E-state index in [1.54, 1.807) is 11.3 Å². The molecule has 1 atom stereocenters. The molecular weight excluding hydrogens is 200 g/mol. The lowest BCUT2D eigenvalue weighted by Gasteiger charge is -2.00. The number of thiophene rings is 1. The van der Waals surface area contributed by atoms with E-state index in [1.165, 1.54) is 0 Å². The maximum absolute atomic E-state index is 9.38. The number of H-pyrrole nitrogens is 1. The Kier molecular flexibility index (Phi) is 2.58. The van der Waals surface area contributed by atoms with Gasteiger partial charge in [-0.1, -0.05) is 6.07 Å². The van der Waals surface area contributed by atoms with Gasteiger partial charge in [0.05, 0.1) is 4.88 Å². The summed E-state index contributed by atoms with van der Waals surface area (Å²) in [6, 6.07) is 3.85. The quantitative estimate of drug-likeness (QED) is 0.689. The predicted molar refractivity (Wildman–Crippen MR) is 53.7 cm³/mol. The first-order valence-corrected chi connectivity index (χ1v) is 5.03. The Morgan fingerprint density at radius 1 is 1.64 bits per heavy atom. The van der Waals surface area contributed by atoms with Crippen LogP contribution in [0.4, 0.5) is 0 Å². The number of aliphatic hydroxyl groups excluding tert-OH is 1. The highest BCUT2D eigenvalue weighted by Crippen LogP contribution is 2.21. The maximum Gasteiger partial charge on any atom is 0.191 e. The molecule has 0 aliphatic heterocycles. The molecule has 0 spiro atoms. The van der Waals surface area contributed by atoms with Gasteiger partial charge in [0.25, 0.3) is 0 Å². The van der Waals surface area contributed by atoms with Gasteiger partial charge in [0, 0.05) is 6.54 Å². The van der Waals surface area contributed by atoms with Crippen LogP contribution in [-0.2, 0) is 0 Å². The van der Waals surface area contributed by atoms with Gasteiger partial charge in [-0.25, -0.2) is 4.98 Å². The van der Waals surface area contributed by atoms with Crippen molar-refractivity contribution < 1.29 is 5.11 Å². The Morgan fingerprint density at radius 3 is 3.14 bits per heavy atom. The Morgan fingerprint density at radius 2 is 2.50 bits per heavy atom. The van der Waals surface area contributed by atoms with Crippen molar-refractivity contribution in [2.45, 2.75) is 6.10 Å². The van der Waals surface area contributed by atoms with Gasteiger partial charge in [0.1, 0.15) is 6.10 Å². The fourth-order valence-corrected chi connectivity index (χ4v) is 1.71. The van der Waals surface area contributed by atoms with E-state index < -0.39 is 6.10 Å². The number of hydrogen-bond acceptors (Lipinski definition) is 5. The van der Waals surface area contributed by atoms with Crippen LogP contribution in [0, 0.1) is 0 Å². The third-order valence-electron chi connectivity index (χ3n) is 1.78. The number of aliphatic hydroxyl groups is 1. The van der Waals surface area contributed by atoms with Crippen LogP contribution < -0.4 is 5.73 Å². The van der Waals surface area contributed by atoms with Crippen molar-refractivity contribution in [3.8, 4) is 10.7 Å². The van der Waals surface area contributed by atoms with Gasteiger partial charge in [-0.2, -0.15) is 5.10 Å². The lowest BCUT2D eigenvalue weighted by molar-refractivity contribution is 0.177. The predicted octanol–water partition coefficient (Wildman–Crippen LogP) is 0.525. The highest BCUT2D eigenvalue weighted by molar-refractivity contribution is 7.13. The molecule has 2 aromatic heterocycles. The Bertz CT molecular complexity index is 397. The van der Waals surface area contributed by atoms with Crippen molar-refractivity contribution in [1.82, 2.24) is 15.2 Å². The van der Waals surface area contributed by atoms with Crippen LogP contribution in [0.2, 0.25) is 0 Å². The summed E-state index contributed by atoms with van der Waals surface area (Å²) in [6.07, 6.45) is -0.767. The zero-order valence-corrected chi connectivity index (χ0v) is 8.16. The minimum atomic E-state index is -0.767. The van der Waals surface area contributed by atoms with Crippen LogP contribution in [0.5, 0.6) is 0 Å².